The van der Waals surface area contributed by atoms with E-state index in [1.807, 2.05) is 24.3 Å². The van der Waals surface area contributed by atoms with Crippen molar-refractivity contribution in [1.82, 2.24) is 10.6 Å². The van der Waals surface area contributed by atoms with Crippen molar-refractivity contribution in [3.8, 4) is 5.75 Å². The fourth-order valence-electron chi connectivity index (χ4n) is 3.38. The van der Waals surface area contributed by atoms with Crippen molar-refractivity contribution in [3.05, 3.63) is 59.1 Å². The van der Waals surface area contributed by atoms with Crippen molar-refractivity contribution in [2.24, 2.45) is 0 Å². The van der Waals surface area contributed by atoms with Gasteiger partial charge in [0.1, 0.15) is 5.75 Å². The van der Waals surface area contributed by atoms with Gasteiger partial charge in [0.05, 0.1) is 19.3 Å². The van der Waals surface area contributed by atoms with Gasteiger partial charge in [-0.05, 0) is 43.2 Å². The number of ether oxygens (including phenoxy) is 1. The first-order chi connectivity index (χ1) is 13.6. The Kier molecular flexibility index (Phi) is 6.76. The molecular formula is C21H24ClN3O3. The van der Waals surface area contributed by atoms with Gasteiger partial charge in [-0.1, -0.05) is 29.8 Å². The minimum absolute atomic E-state index is 0.0224. The number of amides is 2. The molecule has 2 aromatic carbocycles. The number of anilines is 1. The number of para-hydroxylation sites is 2. The lowest BCUT2D eigenvalue weighted by Crippen LogP contribution is -2.50. The fourth-order valence-corrected chi connectivity index (χ4v) is 3.57. The van der Waals surface area contributed by atoms with Gasteiger partial charge in [-0.15, -0.1) is 0 Å². The highest BCUT2D eigenvalue weighted by atomic mass is 35.5. The van der Waals surface area contributed by atoms with E-state index >= 15 is 0 Å². The number of rotatable bonds is 6. The molecule has 6 nitrogen and oxygen atoms in total. The van der Waals surface area contributed by atoms with E-state index in [0.717, 1.165) is 30.8 Å². The Balaban J connectivity index is 1.52. The number of methoxy groups -OCH3 is 1. The van der Waals surface area contributed by atoms with Gasteiger partial charge >= 0.3 is 0 Å². The lowest BCUT2D eigenvalue weighted by molar-refractivity contribution is -0.120. The lowest BCUT2D eigenvalue weighted by Gasteiger charge is -2.35. The summed E-state index contributed by atoms with van der Waals surface area (Å²) in [4.78, 5) is 26.6. The predicted octanol–water partition coefficient (Wildman–Crippen LogP) is 2.86. The van der Waals surface area contributed by atoms with Crippen LogP contribution < -0.4 is 20.3 Å². The summed E-state index contributed by atoms with van der Waals surface area (Å²) < 4.78 is 5.44. The average molecular weight is 402 g/mol. The van der Waals surface area contributed by atoms with E-state index in [4.69, 9.17) is 16.3 Å². The summed E-state index contributed by atoms with van der Waals surface area (Å²) in [6.07, 6.45) is 1.87. The summed E-state index contributed by atoms with van der Waals surface area (Å²) >= 11 is 5.89. The summed E-state index contributed by atoms with van der Waals surface area (Å²) in [5, 5.41) is 6.13. The Hall–Kier alpha value is -2.73. The Morgan fingerprint density at radius 3 is 2.82 bits per heavy atom. The summed E-state index contributed by atoms with van der Waals surface area (Å²) in [7, 11) is 1.66. The number of benzene rings is 2. The van der Waals surface area contributed by atoms with Crippen LogP contribution in [-0.2, 0) is 4.79 Å². The van der Waals surface area contributed by atoms with E-state index in [2.05, 4.69) is 15.5 Å². The Morgan fingerprint density at radius 1 is 1.21 bits per heavy atom. The van der Waals surface area contributed by atoms with E-state index in [1.54, 1.807) is 31.4 Å². The highest BCUT2D eigenvalue weighted by molar-refractivity contribution is 6.30. The molecule has 0 aromatic heterocycles. The smallest absolute Gasteiger partial charge is 0.251 e. The monoisotopic (exact) mass is 401 g/mol. The van der Waals surface area contributed by atoms with Crippen LogP contribution >= 0.6 is 11.6 Å². The normalized spacial score (nSPS) is 16.4. The van der Waals surface area contributed by atoms with E-state index < -0.39 is 0 Å². The first-order valence-electron chi connectivity index (χ1n) is 9.28. The second-order valence-corrected chi connectivity index (χ2v) is 7.15. The third-order valence-electron chi connectivity index (χ3n) is 4.71. The van der Waals surface area contributed by atoms with Crippen molar-refractivity contribution in [3.63, 3.8) is 0 Å². The molecule has 3 rings (SSSR count). The zero-order chi connectivity index (χ0) is 19.9. The molecule has 0 bridgehead atoms. The van der Waals surface area contributed by atoms with Crippen LogP contribution in [-0.4, -0.2) is 44.6 Å². The number of carbonyl (C=O) groups excluding carboxylic acids is 2. The molecule has 1 heterocycles. The molecule has 2 amide bonds. The zero-order valence-corrected chi connectivity index (χ0v) is 16.5. The Morgan fingerprint density at radius 2 is 2.04 bits per heavy atom. The standard InChI is InChI=1S/C21H24ClN3O3/c1-28-19-10-3-2-9-18(19)25-11-5-8-17(14-25)24-20(26)13-23-21(27)15-6-4-7-16(22)12-15/h2-4,6-7,9-10,12,17H,5,8,11,13-14H2,1H3,(H,23,27)(H,24,26). The largest absolute Gasteiger partial charge is 0.495 e. The van der Waals surface area contributed by atoms with Crippen LogP contribution in [0.25, 0.3) is 0 Å². The van der Waals surface area contributed by atoms with Gasteiger partial charge in [0, 0.05) is 29.7 Å². The summed E-state index contributed by atoms with van der Waals surface area (Å²) in [5.41, 5.74) is 1.46. The molecule has 1 saturated heterocycles. The number of hydrogen-bond donors (Lipinski definition) is 2. The van der Waals surface area contributed by atoms with Gasteiger partial charge in [-0.3, -0.25) is 9.59 Å². The molecule has 1 unspecified atom stereocenters. The molecule has 2 aromatic rings. The Labute approximate surface area is 169 Å². The van der Waals surface area contributed by atoms with Crippen molar-refractivity contribution >= 4 is 29.1 Å². The van der Waals surface area contributed by atoms with Crippen LogP contribution in [0, 0.1) is 0 Å². The van der Waals surface area contributed by atoms with E-state index in [9.17, 15) is 9.59 Å². The molecule has 1 fully saturated rings. The van der Waals surface area contributed by atoms with Gasteiger partial charge in [0.25, 0.3) is 5.91 Å². The maximum atomic E-state index is 12.3. The molecule has 2 N–H and O–H groups in total. The molecule has 28 heavy (non-hydrogen) atoms. The number of hydrogen-bond acceptors (Lipinski definition) is 4. The molecular weight excluding hydrogens is 378 g/mol. The topological polar surface area (TPSA) is 70.7 Å². The second-order valence-electron chi connectivity index (χ2n) is 6.72. The molecule has 0 spiro atoms. The van der Waals surface area contributed by atoms with Gasteiger partial charge < -0.3 is 20.3 Å². The SMILES string of the molecule is COc1ccccc1N1CCCC(NC(=O)CNC(=O)c2cccc(Cl)c2)C1. The van der Waals surface area contributed by atoms with Gasteiger partial charge in [0.15, 0.2) is 0 Å². The van der Waals surface area contributed by atoms with E-state index in [-0.39, 0.29) is 24.4 Å². The van der Waals surface area contributed by atoms with Crippen LogP contribution in [0.1, 0.15) is 23.2 Å². The highest BCUT2D eigenvalue weighted by Crippen LogP contribution is 2.29. The number of carbonyl (C=O) groups is 2. The van der Waals surface area contributed by atoms with Gasteiger partial charge in [-0.25, -0.2) is 0 Å². The van der Waals surface area contributed by atoms with Crippen LogP contribution in [0.3, 0.4) is 0 Å². The van der Waals surface area contributed by atoms with E-state index in [0.29, 0.717) is 17.1 Å². The second kappa shape index (κ2) is 9.46. The molecule has 0 saturated carbocycles. The van der Waals surface area contributed by atoms with Crippen molar-refractivity contribution in [2.45, 2.75) is 18.9 Å². The third-order valence-corrected chi connectivity index (χ3v) is 4.94. The minimum Gasteiger partial charge on any atom is -0.495 e. The first kappa shape index (κ1) is 20.0. The quantitative estimate of drug-likeness (QED) is 0.780. The number of nitrogens with zero attached hydrogens (tertiary/aromatic N) is 1. The molecule has 0 radical (unpaired) electrons. The summed E-state index contributed by atoms with van der Waals surface area (Å²) in [5.74, 6) is 0.294. The summed E-state index contributed by atoms with van der Waals surface area (Å²) in [6, 6.07) is 14.5. The van der Waals surface area contributed by atoms with Crippen molar-refractivity contribution < 1.29 is 14.3 Å². The molecule has 1 aliphatic rings. The summed E-state index contributed by atoms with van der Waals surface area (Å²) in [6.45, 7) is 1.54. The lowest BCUT2D eigenvalue weighted by atomic mass is 10.0. The Bertz CT molecular complexity index is 843. The number of nitrogens with one attached hydrogen (secondary N) is 2. The first-order valence-corrected chi connectivity index (χ1v) is 9.65. The molecule has 1 atom stereocenters. The number of halogens is 1. The van der Waals surface area contributed by atoms with Crippen molar-refractivity contribution in [1.29, 1.82) is 0 Å². The van der Waals surface area contributed by atoms with Crippen LogP contribution in [0.4, 0.5) is 5.69 Å². The van der Waals surface area contributed by atoms with Gasteiger partial charge in [0.2, 0.25) is 5.91 Å². The van der Waals surface area contributed by atoms with Gasteiger partial charge in [-0.2, -0.15) is 0 Å². The molecule has 7 heteroatoms. The van der Waals surface area contributed by atoms with E-state index in [1.165, 1.54) is 0 Å². The fraction of sp³-hybridized carbons (Fsp3) is 0.333. The molecule has 1 aliphatic heterocycles. The maximum absolute atomic E-state index is 12.3. The highest BCUT2D eigenvalue weighted by Gasteiger charge is 2.23. The van der Waals surface area contributed by atoms with Crippen LogP contribution in [0.2, 0.25) is 5.02 Å². The molecule has 0 aliphatic carbocycles. The minimum atomic E-state index is -0.322. The predicted molar refractivity (Wildman–Crippen MR) is 110 cm³/mol. The van der Waals surface area contributed by atoms with Crippen LogP contribution in [0.5, 0.6) is 5.75 Å². The van der Waals surface area contributed by atoms with Crippen LogP contribution in [0.15, 0.2) is 48.5 Å². The molecule has 148 valence electrons. The third kappa shape index (κ3) is 5.16. The zero-order valence-electron chi connectivity index (χ0n) is 15.8. The number of piperidine rings is 1. The maximum Gasteiger partial charge on any atom is 0.251 e. The van der Waals surface area contributed by atoms with Crippen molar-refractivity contribution in [2.75, 3.05) is 31.6 Å². The average Bonchev–Trinajstić information content (AvgIpc) is 2.72.